The van der Waals surface area contributed by atoms with Crippen molar-refractivity contribution in [2.45, 2.75) is 26.4 Å². The van der Waals surface area contributed by atoms with Crippen molar-refractivity contribution in [2.75, 3.05) is 31.2 Å². The molecule has 1 aliphatic heterocycles. The van der Waals surface area contributed by atoms with E-state index in [1.807, 2.05) is 32.0 Å². The van der Waals surface area contributed by atoms with Gasteiger partial charge in [0, 0.05) is 25.3 Å². The third kappa shape index (κ3) is 3.49. The Morgan fingerprint density at radius 1 is 1.25 bits per heavy atom. The maximum atomic E-state index is 10.2. The monoisotopic (exact) mass is 329 g/mol. The molecule has 2 aromatic rings. The fourth-order valence-electron chi connectivity index (χ4n) is 3.15. The molecule has 24 heavy (non-hydrogen) atoms. The molecule has 0 unspecified atom stereocenters. The molecule has 1 saturated heterocycles. The summed E-state index contributed by atoms with van der Waals surface area (Å²) in [5, 5.41) is 27.9. The average molecular weight is 329 g/mol. The van der Waals surface area contributed by atoms with Crippen molar-refractivity contribution >= 4 is 5.82 Å². The molecule has 3 rings (SSSR count). The number of phenolic OH excluding ortho intramolecular Hbond substituents is 1. The Balaban J connectivity index is 1.81. The Bertz CT molecular complexity index is 678. The smallest absolute Gasteiger partial charge is 0.151 e. The van der Waals surface area contributed by atoms with Gasteiger partial charge in [-0.1, -0.05) is 6.07 Å². The molecule has 6 heteroatoms. The number of morpholine rings is 1. The molecule has 1 fully saturated rings. The van der Waals surface area contributed by atoms with E-state index in [9.17, 15) is 5.11 Å². The van der Waals surface area contributed by atoms with Crippen LogP contribution in [0, 0.1) is 13.8 Å². The number of aromatic nitrogens is 2. The predicted molar refractivity (Wildman–Crippen MR) is 92.3 cm³/mol. The Hall–Kier alpha value is -2.18. The Kier molecular flexibility index (Phi) is 4.97. The number of aryl methyl sites for hydroxylation is 2. The van der Waals surface area contributed by atoms with Gasteiger partial charge in [-0.3, -0.25) is 0 Å². The fraction of sp³-hybridized carbons (Fsp3) is 0.444. The first kappa shape index (κ1) is 16.7. The average Bonchev–Trinajstić information content (AvgIpc) is 2.55. The maximum absolute atomic E-state index is 10.2. The quantitative estimate of drug-likeness (QED) is 0.894. The van der Waals surface area contributed by atoms with Crippen LogP contribution in [0.2, 0.25) is 0 Å². The highest BCUT2D eigenvalue weighted by Crippen LogP contribution is 2.32. The van der Waals surface area contributed by atoms with E-state index in [-0.39, 0.29) is 18.5 Å². The van der Waals surface area contributed by atoms with Crippen molar-refractivity contribution in [1.82, 2.24) is 10.2 Å². The van der Waals surface area contributed by atoms with E-state index >= 15 is 0 Å². The highest BCUT2D eigenvalue weighted by atomic mass is 16.5. The minimum Gasteiger partial charge on any atom is -0.507 e. The molecule has 2 N–H and O–H groups in total. The summed E-state index contributed by atoms with van der Waals surface area (Å²) in [6.45, 7) is 6.10. The zero-order valence-corrected chi connectivity index (χ0v) is 14.1. The fourth-order valence-corrected chi connectivity index (χ4v) is 3.15. The van der Waals surface area contributed by atoms with Gasteiger partial charge in [0.2, 0.25) is 0 Å². The van der Waals surface area contributed by atoms with E-state index in [4.69, 9.17) is 9.84 Å². The van der Waals surface area contributed by atoms with Gasteiger partial charge in [0.25, 0.3) is 0 Å². The molecule has 128 valence electrons. The van der Waals surface area contributed by atoms with Crippen molar-refractivity contribution in [2.24, 2.45) is 0 Å². The molecular weight excluding hydrogens is 306 g/mol. The van der Waals surface area contributed by atoms with Crippen LogP contribution in [-0.2, 0) is 4.74 Å². The first-order valence-corrected chi connectivity index (χ1v) is 8.20. The van der Waals surface area contributed by atoms with Crippen LogP contribution >= 0.6 is 0 Å². The van der Waals surface area contributed by atoms with Gasteiger partial charge in [0.1, 0.15) is 5.75 Å². The van der Waals surface area contributed by atoms with Gasteiger partial charge in [0.15, 0.2) is 5.82 Å². The number of benzene rings is 1. The number of aromatic hydroxyl groups is 1. The minimum atomic E-state index is 0.0219. The number of nitrogens with zero attached hydrogens (tertiary/aromatic N) is 3. The molecule has 1 aliphatic rings. The van der Waals surface area contributed by atoms with E-state index in [0.717, 1.165) is 29.1 Å². The summed E-state index contributed by atoms with van der Waals surface area (Å²) in [6, 6.07) is 7.56. The van der Waals surface area contributed by atoms with Gasteiger partial charge >= 0.3 is 0 Å². The molecule has 0 spiro atoms. The zero-order valence-electron chi connectivity index (χ0n) is 14.1. The van der Waals surface area contributed by atoms with Gasteiger partial charge in [-0.2, -0.15) is 0 Å². The lowest BCUT2D eigenvalue weighted by Crippen LogP contribution is -2.43. The molecule has 0 amide bonds. The third-order valence-corrected chi connectivity index (χ3v) is 4.28. The maximum Gasteiger partial charge on any atom is 0.151 e. The second-order valence-electron chi connectivity index (χ2n) is 6.20. The van der Waals surface area contributed by atoms with Gasteiger partial charge in [-0.15, -0.1) is 10.2 Å². The van der Waals surface area contributed by atoms with Gasteiger partial charge < -0.3 is 19.8 Å². The first-order valence-electron chi connectivity index (χ1n) is 8.20. The molecular formula is C18H23N3O3. The SMILES string of the molecule is Cc1cc(C)c(-c2ccc(N3CCO[C@@H](CCO)C3)nn2)c(O)c1. The predicted octanol–water partition coefficient (Wildman–Crippen LogP) is 2.05. The molecule has 1 aromatic carbocycles. The zero-order chi connectivity index (χ0) is 17.1. The Morgan fingerprint density at radius 3 is 2.75 bits per heavy atom. The van der Waals surface area contributed by atoms with Crippen LogP contribution in [0.4, 0.5) is 5.82 Å². The largest absolute Gasteiger partial charge is 0.507 e. The Morgan fingerprint density at radius 2 is 2.08 bits per heavy atom. The van der Waals surface area contributed by atoms with Gasteiger partial charge in [-0.25, -0.2) is 0 Å². The van der Waals surface area contributed by atoms with E-state index in [1.165, 1.54) is 0 Å². The summed E-state index contributed by atoms with van der Waals surface area (Å²) in [4.78, 5) is 2.11. The molecule has 0 aliphatic carbocycles. The molecule has 2 heterocycles. The van der Waals surface area contributed by atoms with Crippen LogP contribution < -0.4 is 4.90 Å². The summed E-state index contributed by atoms with van der Waals surface area (Å²) in [5.74, 6) is 1.01. The second-order valence-corrected chi connectivity index (χ2v) is 6.20. The number of hydrogen-bond donors (Lipinski definition) is 2. The number of phenols is 1. The molecule has 1 aromatic heterocycles. The number of rotatable bonds is 4. The number of aliphatic hydroxyl groups is 1. The van der Waals surface area contributed by atoms with Crippen molar-refractivity contribution in [3.8, 4) is 17.0 Å². The second kappa shape index (κ2) is 7.15. The van der Waals surface area contributed by atoms with Crippen LogP contribution in [0.15, 0.2) is 24.3 Å². The number of hydrogen-bond acceptors (Lipinski definition) is 6. The minimum absolute atomic E-state index is 0.0219. The summed E-state index contributed by atoms with van der Waals surface area (Å²) in [5.41, 5.74) is 3.37. The summed E-state index contributed by atoms with van der Waals surface area (Å²) < 4.78 is 5.62. The van der Waals surface area contributed by atoms with E-state index in [1.54, 1.807) is 6.07 Å². The Labute approximate surface area is 141 Å². The molecule has 6 nitrogen and oxygen atoms in total. The van der Waals surface area contributed by atoms with Gasteiger partial charge in [0.05, 0.1) is 18.4 Å². The molecule has 0 bridgehead atoms. The van der Waals surface area contributed by atoms with Crippen LogP contribution in [0.1, 0.15) is 17.5 Å². The number of ether oxygens (including phenoxy) is 1. The van der Waals surface area contributed by atoms with Crippen LogP contribution in [-0.4, -0.2) is 52.8 Å². The lowest BCUT2D eigenvalue weighted by Gasteiger charge is -2.33. The lowest BCUT2D eigenvalue weighted by atomic mass is 10.0. The van der Waals surface area contributed by atoms with Crippen molar-refractivity contribution < 1.29 is 14.9 Å². The number of anilines is 1. The normalized spacial score (nSPS) is 18.0. The van der Waals surface area contributed by atoms with E-state index < -0.39 is 0 Å². The topological polar surface area (TPSA) is 78.7 Å². The van der Waals surface area contributed by atoms with Crippen molar-refractivity contribution in [3.05, 3.63) is 35.4 Å². The van der Waals surface area contributed by atoms with Crippen LogP contribution in [0.25, 0.3) is 11.3 Å². The van der Waals surface area contributed by atoms with Crippen LogP contribution in [0.5, 0.6) is 5.75 Å². The highest BCUT2D eigenvalue weighted by molar-refractivity contribution is 5.71. The molecule has 1 atom stereocenters. The summed E-state index contributed by atoms with van der Waals surface area (Å²) >= 11 is 0. The summed E-state index contributed by atoms with van der Waals surface area (Å²) in [7, 11) is 0. The van der Waals surface area contributed by atoms with Gasteiger partial charge in [-0.05, 0) is 49.6 Å². The third-order valence-electron chi connectivity index (χ3n) is 4.28. The number of aliphatic hydroxyl groups excluding tert-OH is 1. The van der Waals surface area contributed by atoms with Crippen molar-refractivity contribution in [1.29, 1.82) is 0 Å². The molecule has 0 radical (unpaired) electrons. The molecule has 0 saturated carbocycles. The van der Waals surface area contributed by atoms with Crippen molar-refractivity contribution in [3.63, 3.8) is 0 Å². The highest BCUT2D eigenvalue weighted by Gasteiger charge is 2.21. The van der Waals surface area contributed by atoms with E-state index in [2.05, 4.69) is 15.1 Å². The van der Waals surface area contributed by atoms with Crippen LogP contribution in [0.3, 0.4) is 0 Å². The summed E-state index contributed by atoms with van der Waals surface area (Å²) in [6.07, 6.45) is 0.645. The van der Waals surface area contributed by atoms with E-state index in [0.29, 0.717) is 25.3 Å². The first-order chi connectivity index (χ1) is 11.6. The standard InChI is InChI=1S/C18H23N3O3/c1-12-9-13(2)18(16(23)10-12)15-3-4-17(20-19-15)21-6-8-24-14(11-21)5-7-22/h3-4,9-10,14,22-23H,5-8,11H2,1-2H3/t14-/m0/s1. The lowest BCUT2D eigenvalue weighted by molar-refractivity contribution is 0.0244.